The van der Waals surface area contributed by atoms with Crippen molar-refractivity contribution in [3.05, 3.63) is 65.7 Å². The molecule has 0 aliphatic carbocycles. The molecule has 2 aromatic heterocycles. The maximum Gasteiger partial charge on any atom is 0.407 e. The molecule has 3 rings (SSSR count). The lowest BCUT2D eigenvalue weighted by Crippen LogP contribution is -2.28. The predicted molar refractivity (Wildman–Crippen MR) is 90.5 cm³/mol. The Kier molecular flexibility index (Phi) is 4.74. The highest BCUT2D eigenvalue weighted by Gasteiger charge is 2.19. The first-order valence-electron chi connectivity index (χ1n) is 7.98. The molecule has 2 heterocycles. The van der Waals surface area contributed by atoms with E-state index in [0.717, 1.165) is 23.4 Å². The molecule has 1 N–H and O–H groups in total. The normalized spacial score (nSPS) is 12.1. The van der Waals surface area contributed by atoms with Gasteiger partial charge in [0.2, 0.25) is 5.78 Å². The van der Waals surface area contributed by atoms with Gasteiger partial charge in [-0.1, -0.05) is 37.3 Å². The fraction of sp³-hybridized carbons (Fsp3) is 0.278. The van der Waals surface area contributed by atoms with Gasteiger partial charge in [-0.3, -0.25) is 4.40 Å². The van der Waals surface area contributed by atoms with Crippen molar-refractivity contribution < 1.29 is 9.53 Å². The second-order valence-electron chi connectivity index (χ2n) is 5.51. The number of amides is 1. The Bertz CT molecular complexity index is 829. The maximum absolute atomic E-state index is 12.0. The van der Waals surface area contributed by atoms with Gasteiger partial charge in [0.05, 0.1) is 11.7 Å². The van der Waals surface area contributed by atoms with E-state index < -0.39 is 6.09 Å². The summed E-state index contributed by atoms with van der Waals surface area (Å²) in [6.45, 7) is 4.19. The molecule has 0 bridgehead atoms. The van der Waals surface area contributed by atoms with Crippen LogP contribution in [0.15, 0.2) is 48.8 Å². The number of carbonyl (C=O) groups excluding carboxylic acids is 1. The van der Waals surface area contributed by atoms with Crippen molar-refractivity contribution in [1.82, 2.24) is 19.7 Å². The van der Waals surface area contributed by atoms with E-state index in [1.54, 1.807) is 6.20 Å². The number of fused-ring (bicyclic) bond motifs is 1. The Balaban J connectivity index is 1.68. The Labute approximate surface area is 140 Å². The molecule has 124 valence electrons. The first-order chi connectivity index (χ1) is 11.7. The number of hydrogen-bond donors (Lipinski definition) is 1. The summed E-state index contributed by atoms with van der Waals surface area (Å²) in [5, 5.41) is 2.84. The second-order valence-corrected chi connectivity index (χ2v) is 5.51. The topological polar surface area (TPSA) is 68.5 Å². The van der Waals surface area contributed by atoms with Gasteiger partial charge < -0.3 is 10.1 Å². The van der Waals surface area contributed by atoms with Crippen molar-refractivity contribution in [2.75, 3.05) is 0 Å². The molecule has 0 spiro atoms. The van der Waals surface area contributed by atoms with E-state index in [1.807, 2.05) is 53.9 Å². The van der Waals surface area contributed by atoms with Crippen LogP contribution in [-0.4, -0.2) is 20.5 Å². The molecule has 0 saturated heterocycles. The number of nitrogens with one attached hydrogen (secondary N) is 1. The smallest absolute Gasteiger partial charge is 0.407 e. The number of rotatable bonds is 5. The molecule has 6 heteroatoms. The van der Waals surface area contributed by atoms with Crippen LogP contribution in [0.4, 0.5) is 4.79 Å². The van der Waals surface area contributed by atoms with Crippen LogP contribution in [0.5, 0.6) is 0 Å². The van der Waals surface area contributed by atoms with Crippen LogP contribution in [0.3, 0.4) is 0 Å². The zero-order chi connectivity index (χ0) is 16.9. The maximum atomic E-state index is 12.0. The molecule has 3 aromatic rings. The summed E-state index contributed by atoms with van der Waals surface area (Å²) in [6, 6.07) is 11.2. The molecular formula is C18H20N4O2. The summed E-state index contributed by atoms with van der Waals surface area (Å²) in [7, 11) is 0. The lowest BCUT2D eigenvalue weighted by Gasteiger charge is -2.13. The number of carbonyl (C=O) groups is 1. The van der Waals surface area contributed by atoms with E-state index in [9.17, 15) is 4.79 Å². The first kappa shape index (κ1) is 16.0. The third-order valence-corrected chi connectivity index (χ3v) is 3.83. The fourth-order valence-corrected chi connectivity index (χ4v) is 2.66. The van der Waals surface area contributed by atoms with E-state index in [4.69, 9.17) is 4.74 Å². The molecule has 0 saturated carbocycles. The van der Waals surface area contributed by atoms with Gasteiger partial charge in [0.25, 0.3) is 0 Å². The van der Waals surface area contributed by atoms with E-state index in [-0.39, 0.29) is 12.6 Å². The third-order valence-electron chi connectivity index (χ3n) is 3.83. The average Bonchev–Trinajstić information content (AvgIpc) is 2.99. The quantitative estimate of drug-likeness (QED) is 0.782. The zero-order valence-electron chi connectivity index (χ0n) is 13.8. The van der Waals surface area contributed by atoms with Gasteiger partial charge in [-0.2, -0.15) is 0 Å². The monoisotopic (exact) mass is 324 g/mol. The summed E-state index contributed by atoms with van der Waals surface area (Å²) in [4.78, 5) is 20.8. The number of aryl methyl sites for hydroxylation is 1. The van der Waals surface area contributed by atoms with Crippen LogP contribution in [-0.2, 0) is 17.8 Å². The Morgan fingerprint density at radius 3 is 2.83 bits per heavy atom. The highest BCUT2D eigenvalue weighted by molar-refractivity contribution is 5.67. The fourth-order valence-electron chi connectivity index (χ4n) is 2.66. The van der Waals surface area contributed by atoms with Gasteiger partial charge in [-0.15, -0.1) is 0 Å². The molecule has 0 aliphatic heterocycles. The lowest BCUT2D eigenvalue weighted by atomic mass is 10.1. The molecule has 1 atom stereocenters. The lowest BCUT2D eigenvalue weighted by molar-refractivity contribution is 0.136. The van der Waals surface area contributed by atoms with Crippen molar-refractivity contribution in [3.63, 3.8) is 0 Å². The minimum Gasteiger partial charge on any atom is -0.445 e. The van der Waals surface area contributed by atoms with Crippen LogP contribution in [0.1, 0.15) is 36.8 Å². The van der Waals surface area contributed by atoms with E-state index in [0.29, 0.717) is 5.78 Å². The SMILES string of the molecule is CCc1c([C@@H](C)NC(=O)OCc2ccccc2)nc2ncccn12. The van der Waals surface area contributed by atoms with Gasteiger partial charge in [0, 0.05) is 18.1 Å². The van der Waals surface area contributed by atoms with Crippen LogP contribution in [0, 0.1) is 0 Å². The number of imidazole rings is 1. The van der Waals surface area contributed by atoms with Crippen LogP contribution in [0.2, 0.25) is 0 Å². The molecular weight excluding hydrogens is 304 g/mol. The molecule has 0 radical (unpaired) electrons. The number of alkyl carbamates (subject to hydrolysis) is 1. The van der Waals surface area contributed by atoms with Gasteiger partial charge in [-0.25, -0.2) is 14.8 Å². The molecule has 0 fully saturated rings. The Morgan fingerprint density at radius 2 is 2.08 bits per heavy atom. The largest absolute Gasteiger partial charge is 0.445 e. The van der Waals surface area contributed by atoms with Crippen LogP contribution >= 0.6 is 0 Å². The van der Waals surface area contributed by atoms with Crippen LogP contribution < -0.4 is 5.32 Å². The van der Waals surface area contributed by atoms with Gasteiger partial charge in [-0.05, 0) is 25.0 Å². The van der Waals surface area contributed by atoms with Crippen molar-refractivity contribution >= 4 is 11.9 Å². The van der Waals surface area contributed by atoms with E-state index >= 15 is 0 Å². The number of ether oxygens (including phenoxy) is 1. The summed E-state index contributed by atoms with van der Waals surface area (Å²) in [6.07, 6.45) is 3.97. The minimum absolute atomic E-state index is 0.243. The highest BCUT2D eigenvalue weighted by atomic mass is 16.5. The van der Waals surface area contributed by atoms with Crippen LogP contribution in [0.25, 0.3) is 5.78 Å². The summed E-state index contributed by atoms with van der Waals surface area (Å²) < 4.78 is 7.21. The summed E-state index contributed by atoms with van der Waals surface area (Å²) in [5.74, 6) is 0.635. The molecule has 6 nitrogen and oxygen atoms in total. The van der Waals surface area contributed by atoms with Gasteiger partial charge >= 0.3 is 6.09 Å². The van der Waals surface area contributed by atoms with Crippen molar-refractivity contribution in [1.29, 1.82) is 0 Å². The molecule has 1 amide bonds. The van der Waals surface area contributed by atoms with Crippen molar-refractivity contribution in [2.24, 2.45) is 0 Å². The molecule has 0 unspecified atom stereocenters. The van der Waals surface area contributed by atoms with E-state index in [2.05, 4.69) is 22.2 Å². The Hall–Kier alpha value is -2.89. The van der Waals surface area contributed by atoms with E-state index in [1.165, 1.54) is 0 Å². The predicted octanol–water partition coefficient (Wildman–Crippen LogP) is 3.28. The third kappa shape index (κ3) is 3.37. The molecule has 0 aliphatic rings. The van der Waals surface area contributed by atoms with Crippen molar-refractivity contribution in [3.8, 4) is 0 Å². The Morgan fingerprint density at radius 1 is 1.29 bits per heavy atom. The number of benzene rings is 1. The number of nitrogens with zero attached hydrogens (tertiary/aromatic N) is 3. The average molecular weight is 324 g/mol. The second kappa shape index (κ2) is 7.12. The zero-order valence-corrected chi connectivity index (χ0v) is 13.8. The minimum atomic E-state index is -0.460. The first-order valence-corrected chi connectivity index (χ1v) is 7.98. The summed E-state index contributed by atoms with van der Waals surface area (Å²) >= 11 is 0. The number of aromatic nitrogens is 3. The standard InChI is InChI=1S/C18H20N4O2/c1-3-15-16(21-17-19-10-7-11-22(15)17)13(2)20-18(23)24-12-14-8-5-4-6-9-14/h4-11,13H,3,12H2,1-2H3,(H,20,23)/t13-/m1/s1. The van der Waals surface area contributed by atoms with Gasteiger partial charge in [0.1, 0.15) is 6.61 Å². The number of hydrogen-bond acceptors (Lipinski definition) is 4. The van der Waals surface area contributed by atoms with Crippen molar-refractivity contribution in [2.45, 2.75) is 32.9 Å². The molecule has 1 aromatic carbocycles. The highest BCUT2D eigenvalue weighted by Crippen LogP contribution is 2.19. The molecule has 24 heavy (non-hydrogen) atoms. The van der Waals surface area contributed by atoms with Gasteiger partial charge in [0.15, 0.2) is 0 Å². The summed E-state index contributed by atoms with van der Waals surface area (Å²) in [5.41, 5.74) is 2.80.